The van der Waals surface area contributed by atoms with E-state index in [9.17, 15) is 4.79 Å². The Morgan fingerprint density at radius 2 is 2.04 bits per heavy atom. The number of rotatable bonds is 5. The molecule has 0 aliphatic heterocycles. The fraction of sp³-hybridized carbons (Fsp3) is 0.167. The minimum Gasteiger partial charge on any atom is -0.306 e. The summed E-state index contributed by atoms with van der Waals surface area (Å²) >= 11 is 0. The molecule has 0 unspecified atom stereocenters. The van der Waals surface area contributed by atoms with Crippen molar-refractivity contribution in [1.82, 2.24) is 19.3 Å². The second-order valence-electron chi connectivity index (χ2n) is 5.24. The van der Waals surface area contributed by atoms with Crippen molar-refractivity contribution >= 4 is 11.9 Å². The molecule has 0 amide bonds. The van der Waals surface area contributed by atoms with Gasteiger partial charge in [0.15, 0.2) is 5.78 Å². The lowest BCUT2D eigenvalue weighted by Crippen LogP contribution is -1.96. The van der Waals surface area contributed by atoms with Crippen molar-refractivity contribution in [1.29, 1.82) is 0 Å². The van der Waals surface area contributed by atoms with E-state index in [0.717, 1.165) is 23.5 Å². The Bertz CT molecular complexity index is 827. The molecule has 0 saturated heterocycles. The zero-order valence-corrected chi connectivity index (χ0v) is 13.2. The van der Waals surface area contributed by atoms with E-state index in [4.69, 9.17) is 0 Å². The van der Waals surface area contributed by atoms with Crippen LogP contribution in [0.4, 0.5) is 0 Å². The van der Waals surface area contributed by atoms with Crippen LogP contribution in [0.5, 0.6) is 0 Å². The SMILES string of the molecule is CCn1cc(/C=C/C(=O)c2ccc(-n3ccnc3)cc2)c(C)n1. The lowest BCUT2D eigenvalue weighted by molar-refractivity contribution is 0.104. The van der Waals surface area contributed by atoms with Crippen LogP contribution >= 0.6 is 0 Å². The summed E-state index contributed by atoms with van der Waals surface area (Å²) in [5.74, 6) is -0.0224. The highest BCUT2D eigenvalue weighted by Crippen LogP contribution is 2.12. The molecule has 0 N–H and O–H groups in total. The quantitative estimate of drug-likeness (QED) is 0.537. The molecule has 3 aromatic rings. The lowest BCUT2D eigenvalue weighted by atomic mass is 10.1. The Labute approximate surface area is 134 Å². The van der Waals surface area contributed by atoms with Gasteiger partial charge in [-0.2, -0.15) is 5.10 Å². The third kappa shape index (κ3) is 3.29. The van der Waals surface area contributed by atoms with Crippen LogP contribution in [0, 0.1) is 6.92 Å². The Balaban J connectivity index is 1.75. The van der Waals surface area contributed by atoms with Gasteiger partial charge in [0.25, 0.3) is 0 Å². The third-order valence-electron chi connectivity index (χ3n) is 3.68. The van der Waals surface area contributed by atoms with Crippen LogP contribution in [0.1, 0.15) is 28.5 Å². The summed E-state index contributed by atoms with van der Waals surface area (Å²) in [6.45, 7) is 4.79. The summed E-state index contributed by atoms with van der Waals surface area (Å²) in [7, 11) is 0. The highest BCUT2D eigenvalue weighted by Gasteiger charge is 2.05. The Morgan fingerprint density at radius 3 is 2.65 bits per heavy atom. The molecule has 2 aromatic heterocycles. The van der Waals surface area contributed by atoms with Crippen LogP contribution in [0.3, 0.4) is 0 Å². The van der Waals surface area contributed by atoms with Gasteiger partial charge in [0.05, 0.1) is 12.0 Å². The van der Waals surface area contributed by atoms with Crippen LogP contribution in [-0.2, 0) is 6.54 Å². The van der Waals surface area contributed by atoms with Gasteiger partial charge in [0.1, 0.15) is 0 Å². The summed E-state index contributed by atoms with van der Waals surface area (Å²) < 4.78 is 3.76. The largest absolute Gasteiger partial charge is 0.306 e. The second-order valence-corrected chi connectivity index (χ2v) is 5.24. The van der Waals surface area contributed by atoms with E-state index in [1.54, 1.807) is 18.6 Å². The first kappa shape index (κ1) is 15.0. The highest BCUT2D eigenvalue weighted by atomic mass is 16.1. The molecular weight excluding hydrogens is 288 g/mol. The molecule has 116 valence electrons. The standard InChI is InChI=1S/C18H18N4O/c1-3-22-12-16(14(2)20-22)6-9-18(23)15-4-7-17(8-5-15)21-11-10-19-13-21/h4-13H,3H2,1-2H3/b9-6+. The van der Waals surface area contributed by atoms with Gasteiger partial charge in [-0.3, -0.25) is 9.48 Å². The minimum atomic E-state index is -0.0224. The first-order valence-electron chi connectivity index (χ1n) is 7.52. The first-order valence-corrected chi connectivity index (χ1v) is 7.52. The summed E-state index contributed by atoms with van der Waals surface area (Å²) in [6, 6.07) is 7.46. The molecule has 0 atom stereocenters. The average Bonchev–Trinajstić information content (AvgIpc) is 3.22. The monoisotopic (exact) mass is 306 g/mol. The van der Waals surface area contributed by atoms with Gasteiger partial charge in [-0.05, 0) is 50.3 Å². The number of hydrogen-bond donors (Lipinski definition) is 0. The molecule has 3 rings (SSSR count). The maximum atomic E-state index is 12.3. The smallest absolute Gasteiger partial charge is 0.185 e. The molecule has 0 radical (unpaired) electrons. The Morgan fingerprint density at radius 1 is 1.26 bits per heavy atom. The molecule has 1 aromatic carbocycles. The van der Waals surface area contributed by atoms with Crippen LogP contribution in [-0.4, -0.2) is 25.1 Å². The van der Waals surface area contributed by atoms with Crippen LogP contribution in [0.25, 0.3) is 11.8 Å². The third-order valence-corrected chi connectivity index (χ3v) is 3.68. The highest BCUT2D eigenvalue weighted by molar-refractivity contribution is 6.06. The van der Waals surface area contributed by atoms with Crippen molar-refractivity contribution in [2.75, 3.05) is 0 Å². The maximum absolute atomic E-state index is 12.3. The maximum Gasteiger partial charge on any atom is 0.185 e. The Kier molecular flexibility index (Phi) is 4.19. The van der Waals surface area contributed by atoms with Gasteiger partial charge >= 0.3 is 0 Å². The minimum absolute atomic E-state index is 0.0224. The zero-order valence-electron chi connectivity index (χ0n) is 13.2. The second kappa shape index (κ2) is 6.44. The molecule has 0 bridgehead atoms. The summed E-state index contributed by atoms with van der Waals surface area (Å²) in [4.78, 5) is 16.3. The molecule has 2 heterocycles. The number of nitrogens with zero attached hydrogens (tertiary/aromatic N) is 4. The van der Waals surface area contributed by atoms with Crippen molar-refractivity contribution < 1.29 is 4.79 Å². The fourth-order valence-corrected chi connectivity index (χ4v) is 2.33. The molecule has 0 aliphatic carbocycles. The van der Waals surface area contributed by atoms with E-state index in [0.29, 0.717) is 5.56 Å². The van der Waals surface area contributed by atoms with Gasteiger partial charge in [0.2, 0.25) is 0 Å². The number of ketones is 1. The normalized spacial score (nSPS) is 11.2. The number of aromatic nitrogens is 4. The van der Waals surface area contributed by atoms with E-state index in [1.165, 1.54) is 0 Å². The molecule has 5 heteroatoms. The molecule has 23 heavy (non-hydrogen) atoms. The molecule has 0 fully saturated rings. The van der Waals surface area contributed by atoms with Crippen molar-refractivity contribution in [3.63, 3.8) is 0 Å². The molecule has 5 nitrogen and oxygen atoms in total. The molecular formula is C18H18N4O. The number of aryl methyl sites for hydroxylation is 2. The molecule has 0 aliphatic rings. The predicted octanol–water partition coefficient (Wildman–Crippen LogP) is 3.29. The van der Waals surface area contributed by atoms with E-state index in [-0.39, 0.29) is 5.78 Å². The number of imidazole rings is 1. The number of hydrogen-bond acceptors (Lipinski definition) is 3. The van der Waals surface area contributed by atoms with E-state index in [2.05, 4.69) is 10.1 Å². The zero-order chi connectivity index (χ0) is 16.2. The van der Waals surface area contributed by atoms with Gasteiger partial charge in [-0.1, -0.05) is 0 Å². The van der Waals surface area contributed by atoms with Crippen LogP contribution in [0.15, 0.2) is 55.3 Å². The topological polar surface area (TPSA) is 52.7 Å². The lowest BCUT2D eigenvalue weighted by Gasteiger charge is -2.02. The van der Waals surface area contributed by atoms with Crippen molar-refractivity contribution in [3.05, 3.63) is 72.1 Å². The summed E-state index contributed by atoms with van der Waals surface area (Å²) in [6.07, 6.45) is 10.7. The molecule has 0 spiro atoms. The van der Waals surface area contributed by atoms with Gasteiger partial charge in [-0.25, -0.2) is 4.98 Å². The van der Waals surface area contributed by atoms with Gasteiger partial charge in [0, 0.05) is 41.9 Å². The van der Waals surface area contributed by atoms with Crippen LogP contribution in [0.2, 0.25) is 0 Å². The van der Waals surface area contributed by atoms with Crippen molar-refractivity contribution in [2.24, 2.45) is 0 Å². The predicted molar refractivity (Wildman–Crippen MR) is 89.6 cm³/mol. The van der Waals surface area contributed by atoms with Crippen molar-refractivity contribution in [3.8, 4) is 5.69 Å². The average molecular weight is 306 g/mol. The summed E-state index contributed by atoms with van der Waals surface area (Å²) in [5.41, 5.74) is 3.52. The van der Waals surface area contributed by atoms with Crippen molar-refractivity contribution in [2.45, 2.75) is 20.4 Å². The first-order chi connectivity index (χ1) is 11.2. The number of carbonyl (C=O) groups is 1. The van der Waals surface area contributed by atoms with E-state index >= 15 is 0 Å². The van der Waals surface area contributed by atoms with E-state index < -0.39 is 0 Å². The van der Waals surface area contributed by atoms with E-state index in [1.807, 2.05) is 65.8 Å². The molecule has 0 saturated carbocycles. The van der Waals surface area contributed by atoms with Gasteiger partial charge < -0.3 is 4.57 Å². The fourth-order valence-electron chi connectivity index (χ4n) is 2.33. The number of benzene rings is 1. The number of allylic oxidation sites excluding steroid dienone is 1. The number of carbonyl (C=O) groups excluding carboxylic acids is 1. The summed E-state index contributed by atoms with van der Waals surface area (Å²) in [5, 5.41) is 4.37. The Hall–Kier alpha value is -2.95. The van der Waals surface area contributed by atoms with Gasteiger partial charge in [-0.15, -0.1) is 0 Å². The van der Waals surface area contributed by atoms with Crippen LogP contribution < -0.4 is 0 Å².